The maximum absolute atomic E-state index is 12.5. The summed E-state index contributed by atoms with van der Waals surface area (Å²) in [6.07, 6.45) is 1.86. The second-order valence-electron chi connectivity index (χ2n) is 5.46. The number of nitrogens with one attached hydrogen (secondary N) is 2. The van der Waals surface area contributed by atoms with Crippen molar-refractivity contribution >= 4 is 5.91 Å². The van der Waals surface area contributed by atoms with Crippen LogP contribution in [0.25, 0.3) is 0 Å². The van der Waals surface area contributed by atoms with Gasteiger partial charge in [-0.15, -0.1) is 0 Å². The molecular formula is C16H24N2O4. The number of piperidine rings is 1. The molecule has 1 aromatic carbocycles. The summed E-state index contributed by atoms with van der Waals surface area (Å²) in [7, 11) is 4.61. The Bertz CT molecular complexity index is 508. The zero-order valence-electron chi connectivity index (χ0n) is 13.6. The first-order valence-electron chi connectivity index (χ1n) is 7.43. The summed E-state index contributed by atoms with van der Waals surface area (Å²) in [5.41, 5.74) is 0.501. The molecule has 22 heavy (non-hydrogen) atoms. The maximum Gasteiger partial charge on any atom is 0.251 e. The van der Waals surface area contributed by atoms with Gasteiger partial charge in [0.15, 0.2) is 11.5 Å². The third kappa shape index (κ3) is 3.62. The average Bonchev–Trinajstić information content (AvgIpc) is 2.53. The second kappa shape index (κ2) is 7.35. The molecule has 0 bridgehead atoms. The Morgan fingerprint density at radius 2 is 1.82 bits per heavy atom. The van der Waals surface area contributed by atoms with Crippen LogP contribution in [0.2, 0.25) is 0 Å². The van der Waals surface area contributed by atoms with Gasteiger partial charge in [-0.05, 0) is 38.4 Å². The van der Waals surface area contributed by atoms with E-state index in [9.17, 15) is 4.79 Å². The van der Waals surface area contributed by atoms with E-state index in [4.69, 9.17) is 14.2 Å². The van der Waals surface area contributed by atoms with Crippen molar-refractivity contribution in [2.75, 3.05) is 27.9 Å². The van der Waals surface area contributed by atoms with Crippen molar-refractivity contribution in [3.8, 4) is 17.2 Å². The fraction of sp³-hybridized carbons (Fsp3) is 0.562. The SMILES string of the molecule is COc1cc(C(=O)NC2CCNC(C)C2)cc(OC)c1OC. The molecule has 0 spiro atoms. The smallest absolute Gasteiger partial charge is 0.251 e. The number of methoxy groups -OCH3 is 3. The van der Waals surface area contributed by atoms with Gasteiger partial charge in [-0.1, -0.05) is 0 Å². The Kier molecular flexibility index (Phi) is 5.49. The van der Waals surface area contributed by atoms with Gasteiger partial charge in [-0.25, -0.2) is 0 Å². The van der Waals surface area contributed by atoms with Gasteiger partial charge in [-0.3, -0.25) is 4.79 Å². The molecule has 1 saturated heterocycles. The number of hydrogen-bond acceptors (Lipinski definition) is 5. The number of carbonyl (C=O) groups is 1. The molecule has 0 radical (unpaired) electrons. The largest absolute Gasteiger partial charge is 0.493 e. The fourth-order valence-corrected chi connectivity index (χ4v) is 2.74. The van der Waals surface area contributed by atoms with Gasteiger partial charge < -0.3 is 24.8 Å². The van der Waals surface area contributed by atoms with E-state index in [2.05, 4.69) is 17.6 Å². The van der Waals surface area contributed by atoms with Crippen LogP contribution in [0.3, 0.4) is 0 Å². The molecule has 1 heterocycles. The quantitative estimate of drug-likeness (QED) is 0.864. The Morgan fingerprint density at radius 1 is 1.18 bits per heavy atom. The predicted molar refractivity (Wildman–Crippen MR) is 84.1 cm³/mol. The van der Waals surface area contributed by atoms with Crippen LogP contribution in [-0.4, -0.2) is 45.9 Å². The maximum atomic E-state index is 12.5. The van der Waals surface area contributed by atoms with Crippen LogP contribution >= 0.6 is 0 Å². The molecule has 1 aliphatic heterocycles. The molecule has 6 heteroatoms. The van der Waals surface area contributed by atoms with E-state index in [-0.39, 0.29) is 11.9 Å². The summed E-state index contributed by atoms with van der Waals surface area (Å²) in [6, 6.07) is 3.93. The molecule has 122 valence electrons. The number of rotatable bonds is 5. The van der Waals surface area contributed by atoms with Gasteiger partial charge in [0.2, 0.25) is 5.75 Å². The highest BCUT2D eigenvalue weighted by molar-refractivity contribution is 5.95. The van der Waals surface area contributed by atoms with Crippen LogP contribution in [0.1, 0.15) is 30.1 Å². The minimum Gasteiger partial charge on any atom is -0.493 e. The Balaban J connectivity index is 2.18. The zero-order chi connectivity index (χ0) is 16.1. The van der Waals surface area contributed by atoms with E-state index >= 15 is 0 Å². The van der Waals surface area contributed by atoms with Crippen molar-refractivity contribution in [2.24, 2.45) is 0 Å². The molecule has 6 nitrogen and oxygen atoms in total. The normalized spacial score (nSPS) is 21.1. The molecule has 0 aliphatic carbocycles. The summed E-state index contributed by atoms with van der Waals surface area (Å²) in [5.74, 6) is 1.31. The highest BCUT2D eigenvalue weighted by Gasteiger charge is 2.22. The number of hydrogen-bond donors (Lipinski definition) is 2. The van der Waals surface area contributed by atoms with E-state index < -0.39 is 0 Å². The lowest BCUT2D eigenvalue weighted by Gasteiger charge is -2.28. The highest BCUT2D eigenvalue weighted by atomic mass is 16.5. The minimum absolute atomic E-state index is 0.127. The van der Waals surface area contributed by atoms with Crippen LogP contribution in [0.5, 0.6) is 17.2 Å². The topological polar surface area (TPSA) is 68.8 Å². The lowest BCUT2D eigenvalue weighted by Crippen LogP contribution is -2.46. The second-order valence-corrected chi connectivity index (χ2v) is 5.46. The van der Waals surface area contributed by atoms with Crippen LogP contribution in [0.15, 0.2) is 12.1 Å². The van der Waals surface area contributed by atoms with Gasteiger partial charge in [0.1, 0.15) is 0 Å². The van der Waals surface area contributed by atoms with Gasteiger partial charge in [0.05, 0.1) is 21.3 Å². The van der Waals surface area contributed by atoms with E-state index in [1.165, 1.54) is 21.3 Å². The zero-order valence-corrected chi connectivity index (χ0v) is 13.6. The summed E-state index contributed by atoms with van der Waals surface area (Å²) < 4.78 is 15.8. The molecule has 0 aromatic heterocycles. The van der Waals surface area contributed by atoms with Crippen molar-refractivity contribution in [2.45, 2.75) is 31.8 Å². The van der Waals surface area contributed by atoms with Gasteiger partial charge >= 0.3 is 0 Å². The van der Waals surface area contributed by atoms with Crippen molar-refractivity contribution in [3.05, 3.63) is 17.7 Å². The summed E-state index contributed by atoms with van der Waals surface area (Å²) >= 11 is 0. The highest BCUT2D eigenvalue weighted by Crippen LogP contribution is 2.38. The first-order chi connectivity index (χ1) is 10.6. The molecular weight excluding hydrogens is 284 g/mol. The number of amides is 1. The van der Waals surface area contributed by atoms with Gasteiger partial charge in [0, 0.05) is 17.6 Å². The average molecular weight is 308 g/mol. The molecule has 2 atom stereocenters. The van der Waals surface area contributed by atoms with Crippen molar-refractivity contribution in [1.82, 2.24) is 10.6 Å². The summed E-state index contributed by atoms with van der Waals surface area (Å²) in [4.78, 5) is 12.5. The summed E-state index contributed by atoms with van der Waals surface area (Å²) in [6.45, 7) is 3.04. The molecule has 0 saturated carbocycles. The molecule has 2 unspecified atom stereocenters. The van der Waals surface area contributed by atoms with Gasteiger partial charge in [0.25, 0.3) is 5.91 Å². The third-order valence-corrected chi connectivity index (χ3v) is 3.89. The van der Waals surface area contributed by atoms with Gasteiger partial charge in [-0.2, -0.15) is 0 Å². The first-order valence-corrected chi connectivity index (χ1v) is 7.43. The Hall–Kier alpha value is -1.95. The standard InChI is InChI=1S/C16H24N2O4/c1-10-7-12(5-6-17-10)18-16(19)11-8-13(20-2)15(22-4)14(9-11)21-3/h8-10,12,17H,5-7H2,1-4H3,(H,18,19). The summed E-state index contributed by atoms with van der Waals surface area (Å²) in [5, 5.41) is 6.44. The van der Waals surface area contributed by atoms with Crippen LogP contribution < -0.4 is 24.8 Å². The Labute approximate surface area is 131 Å². The van der Waals surface area contributed by atoms with E-state index in [1.807, 2.05) is 0 Å². The lowest BCUT2D eigenvalue weighted by molar-refractivity contribution is 0.0925. The molecule has 1 aliphatic rings. The van der Waals surface area contributed by atoms with E-state index in [1.54, 1.807) is 12.1 Å². The van der Waals surface area contributed by atoms with Crippen molar-refractivity contribution < 1.29 is 19.0 Å². The van der Waals surface area contributed by atoms with Crippen LogP contribution in [-0.2, 0) is 0 Å². The van der Waals surface area contributed by atoms with Crippen molar-refractivity contribution in [3.63, 3.8) is 0 Å². The van der Waals surface area contributed by atoms with E-state index in [0.29, 0.717) is 28.9 Å². The fourth-order valence-electron chi connectivity index (χ4n) is 2.74. The number of ether oxygens (including phenoxy) is 3. The molecule has 2 rings (SSSR count). The molecule has 1 amide bonds. The molecule has 1 aromatic rings. The number of benzene rings is 1. The van der Waals surface area contributed by atoms with Crippen molar-refractivity contribution in [1.29, 1.82) is 0 Å². The molecule has 1 fully saturated rings. The molecule has 2 N–H and O–H groups in total. The first kappa shape index (κ1) is 16.4. The minimum atomic E-state index is -0.127. The third-order valence-electron chi connectivity index (χ3n) is 3.89. The van der Waals surface area contributed by atoms with E-state index in [0.717, 1.165) is 19.4 Å². The number of carbonyl (C=O) groups excluding carboxylic acids is 1. The van der Waals surface area contributed by atoms with Crippen LogP contribution in [0, 0.1) is 0 Å². The monoisotopic (exact) mass is 308 g/mol. The van der Waals surface area contributed by atoms with Crippen LogP contribution in [0.4, 0.5) is 0 Å². The predicted octanol–water partition coefficient (Wildman–Crippen LogP) is 1.58. The lowest BCUT2D eigenvalue weighted by atomic mass is 10.00. The Morgan fingerprint density at radius 3 is 2.32 bits per heavy atom.